The van der Waals surface area contributed by atoms with E-state index in [1.807, 2.05) is 38.1 Å². The molecular weight excluding hydrogens is 316 g/mol. The zero-order chi connectivity index (χ0) is 18.2. The molecular formula is C20H22N2O3. The van der Waals surface area contributed by atoms with E-state index in [2.05, 4.69) is 21.4 Å². The Balaban J connectivity index is 1.91. The van der Waals surface area contributed by atoms with Crippen LogP contribution in [0, 0.1) is 13.8 Å². The summed E-state index contributed by atoms with van der Waals surface area (Å²) < 4.78 is 4.51. The number of carbonyl (C=O) groups excluding carboxylic acids is 2. The number of hydrogen-bond donors (Lipinski definition) is 2. The van der Waals surface area contributed by atoms with E-state index >= 15 is 0 Å². The summed E-state index contributed by atoms with van der Waals surface area (Å²) in [5.41, 5.74) is 4.95. The van der Waals surface area contributed by atoms with Gasteiger partial charge >= 0.3 is 6.09 Å². The summed E-state index contributed by atoms with van der Waals surface area (Å²) in [5.74, 6) is -0.194. The minimum atomic E-state index is -0.478. The van der Waals surface area contributed by atoms with Gasteiger partial charge in [-0.15, -0.1) is 0 Å². The highest BCUT2D eigenvalue weighted by Crippen LogP contribution is 2.13. The molecule has 0 radical (unpaired) electrons. The molecule has 0 aliphatic carbocycles. The van der Waals surface area contributed by atoms with Crippen LogP contribution < -0.4 is 10.6 Å². The number of ether oxygens (including phenoxy) is 1. The molecule has 2 N–H and O–H groups in total. The van der Waals surface area contributed by atoms with Crippen LogP contribution in [0.15, 0.2) is 48.5 Å². The molecule has 2 amide bonds. The van der Waals surface area contributed by atoms with Gasteiger partial charge in [-0.05, 0) is 48.7 Å². The summed E-state index contributed by atoms with van der Waals surface area (Å²) in [6.45, 7) is 4.43. The maximum atomic E-state index is 12.0. The number of carbonyl (C=O) groups is 2. The molecule has 0 aliphatic heterocycles. The normalized spacial score (nSPS) is 10.5. The van der Waals surface area contributed by atoms with Crippen molar-refractivity contribution in [3.05, 3.63) is 70.8 Å². The number of hydrogen-bond acceptors (Lipinski definition) is 3. The van der Waals surface area contributed by atoms with E-state index in [-0.39, 0.29) is 5.91 Å². The minimum absolute atomic E-state index is 0.194. The Morgan fingerprint density at radius 1 is 1.08 bits per heavy atom. The second kappa shape index (κ2) is 8.68. The lowest BCUT2D eigenvalue weighted by Crippen LogP contribution is -2.22. The van der Waals surface area contributed by atoms with E-state index < -0.39 is 6.09 Å². The van der Waals surface area contributed by atoms with Crippen molar-refractivity contribution in [2.75, 3.05) is 12.4 Å². The molecule has 0 spiro atoms. The van der Waals surface area contributed by atoms with Gasteiger partial charge in [0, 0.05) is 18.3 Å². The molecule has 0 bridgehead atoms. The van der Waals surface area contributed by atoms with Gasteiger partial charge in [0.2, 0.25) is 5.91 Å². The van der Waals surface area contributed by atoms with E-state index in [1.54, 1.807) is 18.2 Å². The maximum Gasteiger partial charge on any atom is 0.407 e. The number of nitrogens with one attached hydrogen (secondary N) is 2. The summed E-state index contributed by atoms with van der Waals surface area (Å²) in [6.07, 6.45) is 2.84. The fraction of sp³-hybridized carbons (Fsp3) is 0.200. The molecule has 25 heavy (non-hydrogen) atoms. The van der Waals surface area contributed by atoms with Crippen LogP contribution in [0.1, 0.15) is 22.3 Å². The average Bonchev–Trinajstić information content (AvgIpc) is 2.60. The Hall–Kier alpha value is -3.08. The molecule has 0 saturated carbocycles. The largest absolute Gasteiger partial charge is 0.453 e. The van der Waals surface area contributed by atoms with Crippen LogP contribution in [-0.2, 0) is 16.1 Å². The molecule has 0 unspecified atom stereocenters. The summed E-state index contributed by atoms with van der Waals surface area (Å²) in [4.78, 5) is 23.1. The third kappa shape index (κ3) is 5.80. The molecule has 5 heteroatoms. The molecule has 2 aromatic rings. The monoisotopic (exact) mass is 338 g/mol. The molecule has 0 atom stereocenters. The molecule has 0 saturated heterocycles. The SMILES string of the molecule is COC(=O)NCc1ccc(NC(=O)/C=C/c2ccc(C)cc2C)cc1. The van der Waals surface area contributed by atoms with Crippen LogP contribution in [0.3, 0.4) is 0 Å². The van der Waals surface area contributed by atoms with Crippen LogP contribution in [0.2, 0.25) is 0 Å². The molecule has 0 aliphatic rings. The zero-order valence-corrected chi connectivity index (χ0v) is 14.6. The standard InChI is InChI=1S/C20H22N2O3/c1-14-4-7-17(15(2)12-14)8-11-19(23)22-18-9-5-16(6-10-18)13-21-20(24)25-3/h4-12H,13H2,1-3H3,(H,21,24)(H,22,23)/b11-8+. The molecule has 2 aromatic carbocycles. The first-order valence-electron chi connectivity index (χ1n) is 7.95. The number of anilines is 1. The van der Waals surface area contributed by atoms with E-state index in [0.29, 0.717) is 12.2 Å². The molecule has 0 heterocycles. The minimum Gasteiger partial charge on any atom is -0.453 e. The van der Waals surface area contributed by atoms with Crippen molar-refractivity contribution in [2.24, 2.45) is 0 Å². The van der Waals surface area contributed by atoms with Crippen molar-refractivity contribution in [3.63, 3.8) is 0 Å². The lowest BCUT2D eigenvalue weighted by Gasteiger charge is -2.06. The molecule has 0 fully saturated rings. The molecule has 130 valence electrons. The fourth-order valence-electron chi connectivity index (χ4n) is 2.31. The van der Waals surface area contributed by atoms with Gasteiger partial charge in [0.15, 0.2) is 0 Å². The molecule has 0 aromatic heterocycles. The highest BCUT2D eigenvalue weighted by Gasteiger charge is 2.02. The van der Waals surface area contributed by atoms with Gasteiger partial charge in [0.05, 0.1) is 7.11 Å². The summed E-state index contributed by atoms with van der Waals surface area (Å²) in [7, 11) is 1.32. The first kappa shape index (κ1) is 18.3. The lowest BCUT2D eigenvalue weighted by atomic mass is 10.1. The van der Waals surface area contributed by atoms with Crippen LogP contribution in [0.5, 0.6) is 0 Å². The smallest absolute Gasteiger partial charge is 0.407 e. The van der Waals surface area contributed by atoms with Crippen molar-refractivity contribution in [3.8, 4) is 0 Å². The summed E-state index contributed by atoms with van der Waals surface area (Å²) in [6, 6.07) is 13.3. The lowest BCUT2D eigenvalue weighted by molar-refractivity contribution is -0.111. The number of amides is 2. The Bertz CT molecular complexity index is 780. The van der Waals surface area contributed by atoms with Gasteiger partial charge in [-0.25, -0.2) is 4.79 Å². The van der Waals surface area contributed by atoms with Gasteiger partial charge in [-0.3, -0.25) is 4.79 Å². The summed E-state index contributed by atoms with van der Waals surface area (Å²) >= 11 is 0. The van der Waals surface area contributed by atoms with Crippen LogP contribution in [0.4, 0.5) is 10.5 Å². The van der Waals surface area contributed by atoms with E-state index in [9.17, 15) is 9.59 Å². The first-order chi connectivity index (χ1) is 12.0. The number of methoxy groups -OCH3 is 1. The maximum absolute atomic E-state index is 12.0. The third-order valence-corrected chi connectivity index (χ3v) is 3.68. The van der Waals surface area contributed by atoms with Gasteiger partial charge in [-0.1, -0.05) is 35.9 Å². The first-order valence-corrected chi connectivity index (χ1v) is 7.95. The Morgan fingerprint density at radius 3 is 2.44 bits per heavy atom. The topological polar surface area (TPSA) is 67.4 Å². The fourth-order valence-corrected chi connectivity index (χ4v) is 2.31. The van der Waals surface area contributed by atoms with Crippen molar-refractivity contribution < 1.29 is 14.3 Å². The second-order valence-electron chi connectivity index (χ2n) is 5.72. The highest BCUT2D eigenvalue weighted by atomic mass is 16.5. The number of benzene rings is 2. The predicted octanol–water partition coefficient (Wildman–Crippen LogP) is 3.81. The highest BCUT2D eigenvalue weighted by molar-refractivity contribution is 6.02. The molecule has 2 rings (SSSR count). The van der Waals surface area contributed by atoms with Crippen molar-refractivity contribution in [1.29, 1.82) is 0 Å². The van der Waals surface area contributed by atoms with E-state index in [4.69, 9.17) is 0 Å². The second-order valence-corrected chi connectivity index (χ2v) is 5.72. The predicted molar refractivity (Wildman–Crippen MR) is 99.3 cm³/mol. The Kier molecular flexibility index (Phi) is 6.34. The van der Waals surface area contributed by atoms with Crippen LogP contribution in [0.25, 0.3) is 6.08 Å². The number of aryl methyl sites for hydroxylation is 2. The van der Waals surface area contributed by atoms with Crippen molar-refractivity contribution >= 4 is 23.8 Å². The van der Waals surface area contributed by atoms with Crippen LogP contribution in [-0.4, -0.2) is 19.1 Å². The third-order valence-electron chi connectivity index (χ3n) is 3.68. The quantitative estimate of drug-likeness (QED) is 0.815. The van der Waals surface area contributed by atoms with E-state index in [1.165, 1.54) is 18.7 Å². The number of alkyl carbamates (subject to hydrolysis) is 1. The number of rotatable bonds is 5. The van der Waals surface area contributed by atoms with Crippen LogP contribution >= 0.6 is 0 Å². The van der Waals surface area contributed by atoms with E-state index in [0.717, 1.165) is 16.7 Å². The molecule has 5 nitrogen and oxygen atoms in total. The summed E-state index contributed by atoms with van der Waals surface area (Å²) in [5, 5.41) is 5.41. The van der Waals surface area contributed by atoms with Gasteiger partial charge in [0.1, 0.15) is 0 Å². The van der Waals surface area contributed by atoms with Gasteiger partial charge in [0.25, 0.3) is 0 Å². The Morgan fingerprint density at radius 2 is 1.80 bits per heavy atom. The average molecular weight is 338 g/mol. The van der Waals surface area contributed by atoms with Gasteiger partial charge in [-0.2, -0.15) is 0 Å². The van der Waals surface area contributed by atoms with Crippen molar-refractivity contribution in [2.45, 2.75) is 20.4 Å². The zero-order valence-electron chi connectivity index (χ0n) is 14.6. The van der Waals surface area contributed by atoms with Crippen molar-refractivity contribution in [1.82, 2.24) is 5.32 Å². The Labute approximate surface area is 147 Å². The van der Waals surface area contributed by atoms with Gasteiger partial charge < -0.3 is 15.4 Å².